The van der Waals surface area contributed by atoms with Gasteiger partial charge in [0.15, 0.2) is 24.1 Å². The van der Waals surface area contributed by atoms with Crippen LogP contribution in [0.1, 0.15) is 49.7 Å². The number of nitrogens with zero attached hydrogens (tertiary/aromatic N) is 2. The third-order valence-corrected chi connectivity index (χ3v) is 8.85. The highest BCUT2D eigenvalue weighted by Gasteiger charge is 2.54. The number of rotatable bonds is 8. The molecule has 1 amide bonds. The van der Waals surface area contributed by atoms with Crippen molar-refractivity contribution in [2.75, 3.05) is 31.5 Å². The number of quaternary nitrogens is 1. The van der Waals surface area contributed by atoms with Crippen molar-refractivity contribution in [2.45, 2.75) is 57.2 Å². The maximum absolute atomic E-state index is 13.4. The number of ether oxygens (including phenoxy) is 1. The molecule has 1 aliphatic carbocycles. The summed E-state index contributed by atoms with van der Waals surface area (Å²) in [5.41, 5.74) is -1.56. The number of carbonyl (C=O) groups is 2. The molecular weight excluding hydrogens is 442 g/mol. The van der Waals surface area contributed by atoms with Crippen LogP contribution in [0.25, 0.3) is 0 Å². The number of fused-ring (bicyclic) bond motifs is 3. The Kier molecular flexibility index (Phi) is 6.05. The third kappa shape index (κ3) is 4.22. The van der Waals surface area contributed by atoms with Gasteiger partial charge in [-0.2, -0.15) is 0 Å². The number of anilines is 1. The standard InChI is InChI=1S/C24H31N3O5S/c1-2-18-13-21(26-32-18)25-22(28)15-27-10-8-16(9-11-27)19(14-27)31-23(29)24(30,17-5-3-6-17)20-7-4-12-33-20/h4,7,12-13,16-17,19,30H,2-3,5-6,8-11,14-15H2,1H3/p+1/t16?,19-,24?,27?/m0/s1. The van der Waals surface area contributed by atoms with E-state index < -0.39 is 11.6 Å². The summed E-state index contributed by atoms with van der Waals surface area (Å²) in [5.74, 6) is 0.730. The molecule has 0 radical (unpaired) electrons. The van der Waals surface area contributed by atoms with E-state index in [-0.39, 0.29) is 23.8 Å². The second kappa shape index (κ2) is 8.85. The average Bonchev–Trinajstić information content (AvgIpc) is 3.45. The molecule has 0 spiro atoms. The van der Waals surface area contributed by atoms with E-state index in [1.807, 2.05) is 24.4 Å². The minimum absolute atomic E-state index is 0.0888. The van der Waals surface area contributed by atoms with Crippen LogP contribution in [0.5, 0.6) is 0 Å². The highest BCUT2D eigenvalue weighted by molar-refractivity contribution is 7.10. The normalized spacial score (nSPS) is 28.7. The van der Waals surface area contributed by atoms with Crippen molar-refractivity contribution in [3.05, 3.63) is 34.2 Å². The smallest absolute Gasteiger partial charge is 0.344 e. The highest BCUT2D eigenvalue weighted by atomic mass is 32.1. The Balaban J connectivity index is 1.26. The fraction of sp³-hybridized carbons (Fsp3) is 0.625. The molecule has 2 atom stereocenters. The molecule has 3 aliphatic heterocycles. The Morgan fingerprint density at radius 2 is 2.12 bits per heavy atom. The first-order chi connectivity index (χ1) is 15.9. The summed E-state index contributed by atoms with van der Waals surface area (Å²) in [6.07, 6.45) is 4.96. The summed E-state index contributed by atoms with van der Waals surface area (Å²) < 4.78 is 11.8. The number of nitrogens with one attached hydrogen (secondary N) is 1. The van der Waals surface area contributed by atoms with Crippen molar-refractivity contribution in [2.24, 2.45) is 11.8 Å². The Bertz CT molecular complexity index is 994. The van der Waals surface area contributed by atoms with Crippen LogP contribution in [0.3, 0.4) is 0 Å². The van der Waals surface area contributed by atoms with E-state index in [0.29, 0.717) is 28.3 Å². The van der Waals surface area contributed by atoms with Crippen LogP contribution in [-0.4, -0.2) is 58.9 Å². The van der Waals surface area contributed by atoms with Crippen LogP contribution in [0.15, 0.2) is 28.1 Å². The Hall–Kier alpha value is -2.23. The third-order valence-electron chi connectivity index (χ3n) is 7.86. The second-order valence-electron chi connectivity index (χ2n) is 9.86. The van der Waals surface area contributed by atoms with Crippen molar-refractivity contribution >= 4 is 29.0 Å². The summed E-state index contributed by atoms with van der Waals surface area (Å²) in [6, 6.07) is 5.44. The van der Waals surface area contributed by atoms with Crippen LogP contribution in [0.4, 0.5) is 5.82 Å². The van der Waals surface area contributed by atoms with Gasteiger partial charge in [-0.1, -0.05) is 24.6 Å². The van der Waals surface area contributed by atoms with E-state index in [2.05, 4.69) is 10.5 Å². The van der Waals surface area contributed by atoms with Gasteiger partial charge in [-0.3, -0.25) is 4.79 Å². The lowest BCUT2D eigenvalue weighted by atomic mass is 9.72. The predicted molar refractivity (Wildman–Crippen MR) is 122 cm³/mol. The van der Waals surface area contributed by atoms with Crippen molar-refractivity contribution in [1.82, 2.24) is 5.16 Å². The molecule has 4 aliphatic rings. The number of aliphatic hydroxyl groups is 1. The maximum Gasteiger partial charge on any atom is 0.344 e. The largest absolute Gasteiger partial charge is 0.454 e. The summed E-state index contributed by atoms with van der Waals surface area (Å²) in [5, 5.41) is 20.1. The molecule has 4 fully saturated rings. The SMILES string of the molecule is CCc1cc(NC(=O)C[N+]23CCC(CC2)[C@@H](OC(=O)C(O)(c2cccs2)C2CCC2)C3)no1. The number of carbonyl (C=O) groups excluding carboxylic acids is 2. The van der Waals surface area contributed by atoms with Gasteiger partial charge in [0.1, 0.15) is 12.3 Å². The fourth-order valence-corrected chi connectivity index (χ4v) is 6.51. The van der Waals surface area contributed by atoms with Crippen LogP contribution < -0.4 is 5.32 Å². The molecule has 178 valence electrons. The summed E-state index contributed by atoms with van der Waals surface area (Å²) >= 11 is 1.40. The zero-order chi connectivity index (χ0) is 23.1. The molecule has 0 aromatic carbocycles. The van der Waals surface area contributed by atoms with Crippen molar-refractivity contribution in [1.29, 1.82) is 0 Å². The summed E-state index contributed by atoms with van der Waals surface area (Å²) in [6.45, 7) is 4.67. The van der Waals surface area contributed by atoms with Gasteiger partial charge in [-0.05, 0) is 24.3 Å². The quantitative estimate of drug-likeness (QED) is 0.450. The minimum atomic E-state index is -1.56. The van der Waals surface area contributed by atoms with Crippen LogP contribution >= 0.6 is 11.3 Å². The topological polar surface area (TPSA) is 102 Å². The van der Waals surface area contributed by atoms with E-state index >= 15 is 0 Å². The molecule has 2 bridgehead atoms. The van der Waals surface area contributed by atoms with Crippen LogP contribution in [0.2, 0.25) is 0 Å². The molecule has 2 N–H and O–H groups in total. The van der Waals surface area contributed by atoms with Gasteiger partial charge in [-0.15, -0.1) is 11.3 Å². The molecule has 6 rings (SSSR count). The van der Waals surface area contributed by atoms with E-state index in [9.17, 15) is 14.7 Å². The Labute approximate surface area is 197 Å². The number of aromatic nitrogens is 1. The van der Waals surface area contributed by atoms with Crippen molar-refractivity contribution < 1.29 is 28.4 Å². The molecule has 1 saturated carbocycles. The van der Waals surface area contributed by atoms with Gasteiger partial charge in [0.2, 0.25) is 0 Å². The monoisotopic (exact) mass is 474 g/mol. The van der Waals surface area contributed by atoms with E-state index in [1.54, 1.807) is 6.07 Å². The first-order valence-electron chi connectivity index (χ1n) is 12.0. The van der Waals surface area contributed by atoms with E-state index in [0.717, 1.165) is 57.4 Å². The number of amides is 1. The lowest BCUT2D eigenvalue weighted by Gasteiger charge is -2.52. The number of aryl methyl sites for hydroxylation is 1. The fourth-order valence-electron chi connectivity index (χ4n) is 5.62. The second-order valence-corrected chi connectivity index (χ2v) is 10.8. The van der Waals surface area contributed by atoms with Crippen molar-refractivity contribution in [3.63, 3.8) is 0 Å². The number of hydrogen-bond donors (Lipinski definition) is 2. The Morgan fingerprint density at radius 1 is 1.33 bits per heavy atom. The van der Waals surface area contributed by atoms with Gasteiger partial charge in [0.05, 0.1) is 13.1 Å². The first-order valence-corrected chi connectivity index (χ1v) is 12.9. The zero-order valence-electron chi connectivity index (χ0n) is 19.0. The molecular formula is C24H32N3O5S+. The number of thiophene rings is 1. The molecule has 2 aromatic heterocycles. The lowest BCUT2D eigenvalue weighted by molar-refractivity contribution is -0.939. The predicted octanol–water partition coefficient (Wildman–Crippen LogP) is 3.08. The van der Waals surface area contributed by atoms with Gasteiger partial charge >= 0.3 is 5.97 Å². The zero-order valence-corrected chi connectivity index (χ0v) is 19.8. The Morgan fingerprint density at radius 3 is 2.73 bits per heavy atom. The molecule has 8 nitrogen and oxygen atoms in total. The maximum atomic E-state index is 13.4. The minimum Gasteiger partial charge on any atom is -0.454 e. The van der Waals surface area contributed by atoms with Gasteiger partial charge < -0.3 is 24.2 Å². The molecule has 1 unspecified atom stereocenters. The number of esters is 1. The van der Waals surface area contributed by atoms with Crippen molar-refractivity contribution in [3.8, 4) is 0 Å². The molecule has 33 heavy (non-hydrogen) atoms. The molecule has 3 saturated heterocycles. The number of piperidine rings is 3. The summed E-state index contributed by atoms with van der Waals surface area (Å²) in [4.78, 5) is 26.8. The van der Waals surface area contributed by atoms with Gasteiger partial charge in [0.25, 0.3) is 5.91 Å². The molecule has 2 aromatic rings. The molecule has 9 heteroatoms. The van der Waals surface area contributed by atoms with Gasteiger partial charge in [0, 0.05) is 42.0 Å². The number of hydrogen-bond acceptors (Lipinski definition) is 7. The summed E-state index contributed by atoms with van der Waals surface area (Å²) in [7, 11) is 0. The van der Waals surface area contributed by atoms with E-state index in [4.69, 9.17) is 9.26 Å². The highest BCUT2D eigenvalue weighted by Crippen LogP contribution is 2.46. The average molecular weight is 475 g/mol. The van der Waals surface area contributed by atoms with Crippen LogP contribution in [0, 0.1) is 11.8 Å². The van der Waals surface area contributed by atoms with Crippen LogP contribution in [-0.2, 0) is 26.3 Å². The van der Waals surface area contributed by atoms with Gasteiger partial charge in [-0.25, -0.2) is 4.79 Å². The molecule has 5 heterocycles. The van der Waals surface area contributed by atoms with E-state index in [1.165, 1.54) is 11.3 Å². The first kappa shape index (κ1) is 22.6. The lowest BCUT2D eigenvalue weighted by Crippen LogP contribution is -2.66.